The fourth-order valence-electron chi connectivity index (χ4n) is 3.59. The predicted molar refractivity (Wildman–Crippen MR) is 147 cm³/mol. The first-order chi connectivity index (χ1) is 17.4. The summed E-state index contributed by atoms with van der Waals surface area (Å²) in [5.74, 6) is 0.411. The van der Waals surface area contributed by atoms with Crippen LogP contribution in [0.3, 0.4) is 0 Å². The molecule has 1 unspecified atom stereocenters. The van der Waals surface area contributed by atoms with Gasteiger partial charge in [0.25, 0.3) is 0 Å². The number of carbonyl (C=O) groups excluding carboxylic acids is 1. The van der Waals surface area contributed by atoms with Crippen molar-refractivity contribution >= 4 is 16.7 Å². The molecule has 2 aromatic heterocycles. The van der Waals surface area contributed by atoms with E-state index in [0.717, 1.165) is 23.1 Å². The summed E-state index contributed by atoms with van der Waals surface area (Å²) in [7, 11) is 3.07. The van der Waals surface area contributed by atoms with E-state index in [9.17, 15) is 9.18 Å². The summed E-state index contributed by atoms with van der Waals surface area (Å²) in [6.45, 7) is 7.07. The van der Waals surface area contributed by atoms with Gasteiger partial charge in [-0.25, -0.2) is 9.37 Å². The van der Waals surface area contributed by atoms with Crippen LogP contribution in [0.2, 0.25) is 0 Å². The lowest BCUT2D eigenvalue weighted by Crippen LogP contribution is -2.03. The molecule has 0 aliphatic rings. The van der Waals surface area contributed by atoms with Gasteiger partial charge in [0.15, 0.2) is 11.5 Å². The van der Waals surface area contributed by atoms with Crippen molar-refractivity contribution < 1.29 is 13.9 Å². The molecular weight excluding hydrogens is 453 g/mol. The van der Waals surface area contributed by atoms with Crippen LogP contribution in [0, 0.1) is 0 Å². The monoisotopic (exact) mass is 489 g/mol. The summed E-state index contributed by atoms with van der Waals surface area (Å²) < 4.78 is 17.1. The minimum atomic E-state index is -0.616. The van der Waals surface area contributed by atoms with E-state index in [0.29, 0.717) is 28.8 Å². The Morgan fingerprint density at radius 2 is 1.50 bits per heavy atom. The highest BCUT2D eigenvalue weighted by Gasteiger charge is 2.20. The summed E-state index contributed by atoms with van der Waals surface area (Å²) in [4.78, 5) is 21.3. The predicted octanol–water partition coefficient (Wildman–Crippen LogP) is 7.07. The molecule has 0 radical (unpaired) electrons. The summed E-state index contributed by atoms with van der Waals surface area (Å²) in [5, 5.41) is 0.702. The van der Waals surface area contributed by atoms with Crippen LogP contribution in [-0.4, -0.2) is 36.1 Å². The molecule has 2 heterocycles. The van der Waals surface area contributed by atoms with Gasteiger partial charge in [-0.05, 0) is 56.5 Å². The molecule has 0 fully saturated rings. The number of Topliss-reactive ketones (excluding diaryl/α,β-unsaturated/α-hetero) is 1. The lowest BCUT2D eigenvalue weighted by atomic mass is 9.98. The van der Waals surface area contributed by atoms with Gasteiger partial charge in [-0.1, -0.05) is 62.4 Å². The molecule has 4 rings (SSSR count). The molecule has 0 saturated heterocycles. The minimum absolute atomic E-state index is 0.0730. The third-order valence-corrected chi connectivity index (χ3v) is 5.71. The fraction of sp³-hybridized carbons (Fsp3) is 0.300. The van der Waals surface area contributed by atoms with E-state index in [2.05, 4.69) is 54.0 Å². The fourth-order valence-corrected chi connectivity index (χ4v) is 3.59. The number of nitrogens with zero attached hydrogens (tertiary/aromatic N) is 2. The molecular formula is C30H36FN3O2. The Labute approximate surface area is 213 Å². The van der Waals surface area contributed by atoms with E-state index >= 15 is 0 Å². The van der Waals surface area contributed by atoms with Crippen LogP contribution >= 0.6 is 0 Å². The van der Waals surface area contributed by atoms with Gasteiger partial charge in [-0.2, -0.15) is 0 Å². The maximum atomic E-state index is 12.4. The van der Waals surface area contributed by atoms with Gasteiger partial charge in [0, 0.05) is 23.3 Å². The van der Waals surface area contributed by atoms with Gasteiger partial charge in [-0.15, -0.1) is 0 Å². The molecule has 0 spiro atoms. The zero-order valence-electron chi connectivity index (χ0n) is 22.0. The highest BCUT2D eigenvalue weighted by atomic mass is 19.1. The van der Waals surface area contributed by atoms with E-state index in [1.165, 1.54) is 25.1 Å². The van der Waals surface area contributed by atoms with Crippen LogP contribution < -0.4 is 10.5 Å². The molecule has 0 amide bonds. The first-order valence-electron chi connectivity index (χ1n) is 12.1. The van der Waals surface area contributed by atoms with Crippen molar-refractivity contribution in [2.75, 3.05) is 14.2 Å². The molecule has 36 heavy (non-hydrogen) atoms. The Morgan fingerprint density at radius 3 is 1.97 bits per heavy atom. The first-order valence-corrected chi connectivity index (χ1v) is 12.1. The number of pyridine rings is 2. The first kappa shape index (κ1) is 28.6. The highest BCUT2D eigenvalue weighted by Crippen LogP contribution is 2.37. The molecule has 190 valence electrons. The Hall–Kier alpha value is -3.64. The summed E-state index contributed by atoms with van der Waals surface area (Å²) >= 11 is 0. The van der Waals surface area contributed by atoms with Crippen molar-refractivity contribution in [3.63, 3.8) is 0 Å². The Balaban J connectivity index is 0.000000583. The van der Waals surface area contributed by atoms with Crippen molar-refractivity contribution in [2.24, 2.45) is 5.73 Å². The number of hydrogen-bond donors (Lipinski definition) is 1. The van der Waals surface area contributed by atoms with Gasteiger partial charge in [0.1, 0.15) is 5.69 Å². The standard InChI is InChI=1S/C25H22N2O2.C4H9F.CH5N/c1-4-17-5-7-18(8-6-17)19-9-11-20(12-10-19)24-25(29-3)23(16(2)28)21-15-26-14-13-22(21)27-24;1-3-4(2)5;1-2/h5-15H,4H2,1-3H3;4H,3H2,1-2H3;2H2,1H3. The van der Waals surface area contributed by atoms with Gasteiger partial charge >= 0.3 is 0 Å². The van der Waals surface area contributed by atoms with Crippen molar-refractivity contribution in [1.82, 2.24) is 9.97 Å². The maximum absolute atomic E-state index is 12.4. The molecule has 0 aliphatic carbocycles. The van der Waals surface area contributed by atoms with Gasteiger partial charge in [0.05, 0.1) is 24.4 Å². The Bertz CT molecular complexity index is 1250. The van der Waals surface area contributed by atoms with Crippen LogP contribution in [0.15, 0.2) is 67.0 Å². The molecule has 6 heteroatoms. The van der Waals surface area contributed by atoms with Crippen molar-refractivity contribution in [3.05, 3.63) is 78.1 Å². The van der Waals surface area contributed by atoms with Crippen molar-refractivity contribution in [3.8, 4) is 28.1 Å². The zero-order chi connectivity index (χ0) is 26.7. The van der Waals surface area contributed by atoms with Gasteiger partial charge in [0.2, 0.25) is 0 Å². The van der Waals surface area contributed by atoms with E-state index in [4.69, 9.17) is 9.72 Å². The smallest absolute Gasteiger partial charge is 0.164 e. The van der Waals surface area contributed by atoms with E-state index in [-0.39, 0.29) is 5.78 Å². The number of nitrogens with two attached hydrogens (primary N) is 1. The van der Waals surface area contributed by atoms with Crippen LogP contribution in [0.5, 0.6) is 5.75 Å². The van der Waals surface area contributed by atoms with Crippen LogP contribution in [0.4, 0.5) is 4.39 Å². The number of methoxy groups -OCH3 is 1. The molecule has 2 aromatic carbocycles. The lowest BCUT2D eigenvalue weighted by molar-refractivity contribution is 0.101. The van der Waals surface area contributed by atoms with E-state index in [1.54, 1.807) is 26.4 Å². The number of aryl methyl sites for hydroxylation is 1. The minimum Gasteiger partial charge on any atom is -0.494 e. The summed E-state index contributed by atoms with van der Waals surface area (Å²) in [6, 6.07) is 18.6. The molecule has 0 saturated carbocycles. The number of hydrogen-bond acceptors (Lipinski definition) is 5. The largest absolute Gasteiger partial charge is 0.494 e. The molecule has 0 aliphatic heterocycles. The highest BCUT2D eigenvalue weighted by molar-refractivity contribution is 6.10. The summed E-state index contributed by atoms with van der Waals surface area (Å²) in [5.41, 5.74) is 10.9. The normalized spacial score (nSPS) is 11.0. The maximum Gasteiger partial charge on any atom is 0.164 e. The summed E-state index contributed by atoms with van der Waals surface area (Å²) in [6.07, 6.45) is 4.39. The average Bonchev–Trinajstić information content (AvgIpc) is 2.93. The zero-order valence-corrected chi connectivity index (χ0v) is 22.0. The lowest BCUT2D eigenvalue weighted by Gasteiger charge is -2.14. The molecule has 4 aromatic rings. The number of halogens is 1. The third-order valence-electron chi connectivity index (χ3n) is 5.71. The molecule has 5 nitrogen and oxygen atoms in total. The number of rotatable bonds is 6. The third kappa shape index (κ3) is 6.95. The van der Waals surface area contributed by atoms with Crippen LogP contribution in [0.25, 0.3) is 33.3 Å². The molecule has 2 N–H and O–H groups in total. The second-order valence-electron chi connectivity index (χ2n) is 8.13. The quantitative estimate of drug-likeness (QED) is 0.293. The van der Waals surface area contributed by atoms with Crippen molar-refractivity contribution in [2.45, 2.75) is 46.7 Å². The van der Waals surface area contributed by atoms with Crippen LogP contribution in [-0.2, 0) is 6.42 Å². The average molecular weight is 490 g/mol. The Morgan fingerprint density at radius 1 is 0.972 bits per heavy atom. The second kappa shape index (κ2) is 14.0. The number of carbonyl (C=O) groups is 1. The molecule has 0 bridgehead atoms. The van der Waals surface area contributed by atoms with Crippen LogP contribution in [0.1, 0.15) is 50.0 Å². The van der Waals surface area contributed by atoms with Crippen molar-refractivity contribution in [1.29, 1.82) is 0 Å². The number of benzene rings is 2. The molecule has 1 atom stereocenters. The number of aromatic nitrogens is 2. The number of ketones is 1. The second-order valence-corrected chi connectivity index (χ2v) is 8.13. The SMILES string of the molecule is CCC(C)F.CCc1ccc(-c2ccc(-c3nc4ccncc4c(C(C)=O)c3OC)cc2)cc1.CN. The van der Waals surface area contributed by atoms with Gasteiger partial charge < -0.3 is 10.5 Å². The number of ether oxygens (including phenoxy) is 1. The van der Waals surface area contributed by atoms with Gasteiger partial charge in [-0.3, -0.25) is 9.78 Å². The number of alkyl halides is 1. The topological polar surface area (TPSA) is 78.1 Å². The number of fused-ring (bicyclic) bond motifs is 1. The van der Waals surface area contributed by atoms with E-state index < -0.39 is 6.17 Å². The Kier molecular flexibility index (Phi) is 11.2. The van der Waals surface area contributed by atoms with E-state index in [1.807, 2.05) is 25.1 Å².